The monoisotopic (exact) mass is 465 g/mol. The first-order valence-corrected chi connectivity index (χ1v) is 13.2. The Hall–Kier alpha value is -2.70. The Balaban J connectivity index is 1.64. The van der Waals surface area contributed by atoms with Gasteiger partial charge in [-0.15, -0.1) is 0 Å². The molecule has 4 rings (SSSR count). The summed E-state index contributed by atoms with van der Waals surface area (Å²) in [4.78, 5) is 15.8. The molecule has 0 unspecified atom stereocenters. The van der Waals surface area contributed by atoms with E-state index in [1.165, 1.54) is 18.4 Å². The summed E-state index contributed by atoms with van der Waals surface area (Å²) in [7, 11) is -3.60. The Morgan fingerprint density at radius 2 is 1.61 bits per heavy atom. The smallest absolute Gasteiger partial charge is 0.308 e. The molecule has 1 saturated heterocycles. The molecule has 1 aliphatic heterocycles. The zero-order valence-electron chi connectivity index (χ0n) is 19.3. The van der Waals surface area contributed by atoms with Gasteiger partial charge < -0.3 is 4.18 Å². The highest BCUT2D eigenvalue weighted by Crippen LogP contribution is 2.32. The Labute approximate surface area is 196 Å². The van der Waals surface area contributed by atoms with Crippen molar-refractivity contribution in [2.24, 2.45) is 5.92 Å². The first-order chi connectivity index (χ1) is 15.8. The molecule has 0 atom stereocenters. The first kappa shape index (κ1) is 23.5. The molecule has 1 saturated carbocycles. The number of Topliss-reactive ketones (excluding diaryl/α,β-unsaturated/α-hetero) is 1. The van der Waals surface area contributed by atoms with Crippen LogP contribution in [0.25, 0.3) is 12.2 Å². The third-order valence-electron chi connectivity index (χ3n) is 6.06. The predicted octanol–water partition coefficient (Wildman–Crippen LogP) is 4.74. The number of piperidine rings is 1. The number of carbonyl (C=O) groups excluding carboxylic acids is 1. The van der Waals surface area contributed by atoms with Crippen LogP contribution in [0.1, 0.15) is 43.4 Å². The first-order valence-electron chi connectivity index (χ1n) is 11.6. The van der Waals surface area contributed by atoms with Crippen LogP contribution in [0.4, 0.5) is 0 Å². The summed E-state index contributed by atoms with van der Waals surface area (Å²) >= 11 is 0. The lowest BCUT2D eigenvalue weighted by Crippen LogP contribution is -2.38. The summed E-state index contributed by atoms with van der Waals surface area (Å²) in [6.07, 6.45) is 7.35. The molecule has 33 heavy (non-hydrogen) atoms. The third-order valence-corrected chi connectivity index (χ3v) is 7.21. The number of carbonyl (C=O) groups is 1. The van der Waals surface area contributed by atoms with E-state index in [2.05, 4.69) is 24.0 Å². The van der Waals surface area contributed by atoms with Crippen molar-refractivity contribution in [2.75, 3.05) is 25.4 Å². The van der Waals surface area contributed by atoms with E-state index in [4.69, 9.17) is 4.18 Å². The molecule has 6 heteroatoms. The average molecular weight is 466 g/mol. The molecular formula is C27H31NO4S. The lowest BCUT2D eigenvalue weighted by Gasteiger charge is -2.30. The molecule has 0 radical (unpaired) electrons. The van der Waals surface area contributed by atoms with Gasteiger partial charge >= 0.3 is 10.1 Å². The van der Waals surface area contributed by atoms with Crippen molar-refractivity contribution in [3.8, 4) is 5.75 Å². The molecule has 0 spiro atoms. The van der Waals surface area contributed by atoms with Gasteiger partial charge in [-0.2, -0.15) is 8.42 Å². The van der Waals surface area contributed by atoms with Crippen molar-refractivity contribution in [1.82, 2.24) is 4.90 Å². The molecule has 0 amide bonds. The van der Waals surface area contributed by atoms with E-state index in [0.717, 1.165) is 41.2 Å². The fourth-order valence-electron chi connectivity index (χ4n) is 4.07. The number of benzene rings is 2. The fourth-order valence-corrected chi connectivity index (χ4v) is 4.59. The number of hydrogen-bond acceptors (Lipinski definition) is 5. The number of hydrogen-bond donors (Lipinski definition) is 0. The molecule has 0 bridgehead atoms. The Morgan fingerprint density at radius 1 is 0.970 bits per heavy atom. The predicted molar refractivity (Wildman–Crippen MR) is 132 cm³/mol. The van der Waals surface area contributed by atoms with E-state index < -0.39 is 10.1 Å². The van der Waals surface area contributed by atoms with Crippen molar-refractivity contribution in [3.05, 3.63) is 76.4 Å². The van der Waals surface area contributed by atoms with Crippen LogP contribution in [0, 0.1) is 5.92 Å². The van der Waals surface area contributed by atoms with Crippen molar-refractivity contribution in [2.45, 2.75) is 33.1 Å². The standard InChI is InChI=1S/C27H31NO4S/c1-3-20-7-5-8-22(13-20)14-24-18-28(17-21-11-12-21)19-25(27(24)29)15-23-9-6-10-26(16-23)32-33(30,31)4-2/h5-10,13-16,21H,3-4,11-12,17-19H2,1-2H3. The third kappa shape index (κ3) is 6.42. The normalized spacial score (nSPS) is 19.9. The summed E-state index contributed by atoms with van der Waals surface area (Å²) in [5, 5.41) is 0. The van der Waals surface area contributed by atoms with Gasteiger partial charge in [0.15, 0.2) is 5.78 Å². The maximum absolute atomic E-state index is 13.4. The summed E-state index contributed by atoms with van der Waals surface area (Å²) in [6.45, 7) is 5.91. The lowest BCUT2D eigenvalue weighted by molar-refractivity contribution is -0.113. The Morgan fingerprint density at radius 3 is 2.21 bits per heavy atom. The Kier molecular flexibility index (Phi) is 7.15. The average Bonchev–Trinajstić information content (AvgIpc) is 3.61. The van der Waals surface area contributed by atoms with Crippen LogP contribution < -0.4 is 4.18 Å². The summed E-state index contributed by atoms with van der Waals surface area (Å²) in [5.74, 6) is 0.938. The van der Waals surface area contributed by atoms with Gasteiger partial charge in [-0.05, 0) is 73.1 Å². The van der Waals surface area contributed by atoms with Crippen LogP contribution in [-0.4, -0.2) is 44.5 Å². The summed E-state index contributed by atoms with van der Waals surface area (Å²) < 4.78 is 28.8. The highest BCUT2D eigenvalue weighted by Gasteiger charge is 2.30. The minimum Gasteiger partial charge on any atom is -0.382 e. The zero-order chi connectivity index (χ0) is 23.4. The van der Waals surface area contributed by atoms with Crippen LogP contribution in [0.5, 0.6) is 5.75 Å². The SMILES string of the molecule is CCc1cccc(C=C2CN(CC3CC3)CC(=Cc3cccc(OS(=O)(=O)CC)c3)C2=O)c1. The van der Waals surface area contributed by atoms with Gasteiger partial charge in [-0.1, -0.05) is 43.3 Å². The molecule has 0 N–H and O–H groups in total. The molecular weight excluding hydrogens is 434 g/mol. The molecule has 2 aromatic rings. The number of ketones is 1. The van der Waals surface area contributed by atoms with Gasteiger partial charge in [0.05, 0.1) is 5.75 Å². The molecule has 2 aromatic carbocycles. The van der Waals surface area contributed by atoms with E-state index in [9.17, 15) is 13.2 Å². The highest BCUT2D eigenvalue weighted by molar-refractivity contribution is 7.87. The molecule has 1 aliphatic carbocycles. The highest BCUT2D eigenvalue weighted by atomic mass is 32.2. The van der Waals surface area contributed by atoms with Gasteiger partial charge in [0, 0.05) is 30.8 Å². The van der Waals surface area contributed by atoms with Crippen molar-refractivity contribution in [1.29, 1.82) is 0 Å². The van der Waals surface area contributed by atoms with E-state index in [1.54, 1.807) is 25.1 Å². The largest absolute Gasteiger partial charge is 0.382 e. The molecule has 2 aliphatic rings. The summed E-state index contributed by atoms with van der Waals surface area (Å²) in [5.41, 5.74) is 4.56. The zero-order valence-corrected chi connectivity index (χ0v) is 20.1. The minimum atomic E-state index is -3.60. The second-order valence-electron chi connectivity index (χ2n) is 8.88. The van der Waals surface area contributed by atoms with Crippen LogP contribution in [-0.2, 0) is 21.3 Å². The van der Waals surface area contributed by atoms with Crippen molar-refractivity contribution in [3.63, 3.8) is 0 Å². The number of nitrogens with zero attached hydrogens (tertiary/aromatic N) is 1. The maximum atomic E-state index is 13.4. The minimum absolute atomic E-state index is 0.0523. The van der Waals surface area contributed by atoms with E-state index in [-0.39, 0.29) is 17.3 Å². The maximum Gasteiger partial charge on any atom is 0.308 e. The Bertz CT molecular complexity index is 1190. The quantitative estimate of drug-likeness (QED) is 0.416. The van der Waals surface area contributed by atoms with Gasteiger partial charge in [-0.25, -0.2) is 0 Å². The van der Waals surface area contributed by atoms with Crippen LogP contribution in [0.3, 0.4) is 0 Å². The van der Waals surface area contributed by atoms with Crippen LogP contribution in [0.15, 0.2) is 59.7 Å². The molecule has 174 valence electrons. The number of likely N-dealkylation sites (tertiary alicyclic amines) is 1. The van der Waals surface area contributed by atoms with Crippen LogP contribution >= 0.6 is 0 Å². The molecule has 5 nitrogen and oxygen atoms in total. The number of rotatable bonds is 8. The van der Waals surface area contributed by atoms with Gasteiger partial charge in [-0.3, -0.25) is 9.69 Å². The second kappa shape index (κ2) is 10.1. The van der Waals surface area contributed by atoms with E-state index >= 15 is 0 Å². The topological polar surface area (TPSA) is 63.7 Å². The molecule has 1 heterocycles. The summed E-state index contributed by atoms with van der Waals surface area (Å²) in [6, 6.07) is 15.2. The number of aryl methyl sites for hydroxylation is 1. The van der Waals surface area contributed by atoms with Crippen LogP contribution in [0.2, 0.25) is 0 Å². The fraction of sp³-hybridized carbons (Fsp3) is 0.370. The van der Waals surface area contributed by atoms with E-state index in [0.29, 0.717) is 13.1 Å². The van der Waals surface area contributed by atoms with Gasteiger partial charge in [0.1, 0.15) is 5.75 Å². The van der Waals surface area contributed by atoms with Crippen molar-refractivity contribution >= 4 is 28.1 Å². The lowest BCUT2D eigenvalue weighted by atomic mass is 9.93. The second-order valence-corrected chi connectivity index (χ2v) is 10.7. The van der Waals surface area contributed by atoms with Gasteiger partial charge in [0.25, 0.3) is 0 Å². The molecule has 2 fully saturated rings. The van der Waals surface area contributed by atoms with E-state index in [1.807, 2.05) is 30.4 Å². The van der Waals surface area contributed by atoms with Gasteiger partial charge in [0.2, 0.25) is 0 Å². The van der Waals surface area contributed by atoms with Crippen molar-refractivity contribution < 1.29 is 17.4 Å². The molecule has 0 aromatic heterocycles.